The first-order chi connectivity index (χ1) is 7.11. The Morgan fingerprint density at radius 1 is 1.47 bits per heavy atom. The highest BCUT2D eigenvalue weighted by Crippen LogP contribution is 2.08. The average molecular weight is 206 g/mol. The molecular weight excluding hydrogens is 192 g/mol. The first-order valence-corrected chi connectivity index (χ1v) is 4.61. The zero-order valence-corrected chi connectivity index (χ0v) is 8.86. The molecule has 1 rings (SSSR count). The van der Waals surface area contributed by atoms with Crippen molar-refractivity contribution in [3.63, 3.8) is 0 Å². The van der Waals surface area contributed by atoms with Crippen LogP contribution in [0.2, 0.25) is 0 Å². The normalized spacial score (nSPS) is 10.1. The van der Waals surface area contributed by atoms with E-state index in [9.17, 15) is 9.59 Å². The molecule has 1 amide bonds. The molecule has 4 heteroatoms. The van der Waals surface area contributed by atoms with Gasteiger partial charge in [-0.25, -0.2) is 0 Å². The van der Waals surface area contributed by atoms with Gasteiger partial charge in [-0.1, -0.05) is 12.1 Å². The molecule has 0 aliphatic heterocycles. The van der Waals surface area contributed by atoms with Crippen molar-refractivity contribution in [1.82, 2.24) is 4.90 Å². The predicted molar refractivity (Wildman–Crippen MR) is 59.0 cm³/mol. The lowest BCUT2D eigenvalue weighted by atomic mass is 10.2. The zero-order chi connectivity index (χ0) is 11.3. The van der Waals surface area contributed by atoms with Crippen molar-refractivity contribution in [2.45, 2.75) is 0 Å². The molecule has 0 unspecified atom stereocenters. The number of hydrogen-bond acceptors (Lipinski definition) is 3. The molecule has 0 bridgehead atoms. The van der Waals surface area contributed by atoms with Crippen molar-refractivity contribution in [2.75, 3.05) is 26.0 Å². The molecule has 4 nitrogen and oxygen atoms in total. The molecule has 0 atom stereocenters. The monoisotopic (exact) mass is 206 g/mol. The van der Waals surface area contributed by atoms with Crippen molar-refractivity contribution < 1.29 is 9.59 Å². The Kier molecular flexibility index (Phi) is 4.00. The summed E-state index contributed by atoms with van der Waals surface area (Å²) in [5, 5.41) is 2.71. The Balaban J connectivity index is 2.64. The maximum absolute atomic E-state index is 11.4. The Labute approximate surface area is 88.9 Å². The molecule has 80 valence electrons. The molecule has 0 fully saturated rings. The second-order valence-corrected chi connectivity index (χ2v) is 3.53. The quantitative estimate of drug-likeness (QED) is 0.748. The number of hydrogen-bond donors (Lipinski definition) is 1. The SMILES string of the molecule is CN(C)CC(=O)Nc1cccc(C=O)c1. The molecule has 1 aromatic rings. The van der Waals surface area contributed by atoms with E-state index in [-0.39, 0.29) is 5.91 Å². The summed E-state index contributed by atoms with van der Waals surface area (Å²) in [6, 6.07) is 6.81. The Morgan fingerprint density at radius 3 is 2.80 bits per heavy atom. The van der Waals surface area contributed by atoms with Crippen molar-refractivity contribution in [1.29, 1.82) is 0 Å². The van der Waals surface area contributed by atoms with Gasteiger partial charge in [0.15, 0.2) is 0 Å². The highest BCUT2D eigenvalue weighted by atomic mass is 16.2. The molecule has 0 heterocycles. The molecule has 0 saturated heterocycles. The van der Waals surface area contributed by atoms with Crippen molar-refractivity contribution in [3.05, 3.63) is 29.8 Å². The molecule has 0 saturated carbocycles. The maximum Gasteiger partial charge on any atom is 0.238 e. The van der Waals surface area contributed by atoms with Gasteiger partial charge in [0.1, 0.15) is 6.29 Å². The van der Waals surface area contributed by atoms with E-state index in [2.05, 4.69) is 5.32 Å². The summed E-state index contributed by atoms with van der Waals surface area (Å²) in [4.78, 5) is 23.7. The third-order valence-corrected chi connectivity index (χ3v) is 1.77. The minimum atomic E-state index is -0.0944. The van der Waals surface area contributed by atoms with Crippen LogP contribution in [0.25, 0.3) is 0 Å². The number of nitrogens with one attached hydrogen (secondary N) is 1. The van der Waals surface area contributed by atoms with Gasteiger partial charge in [-0.2, -0.15) is 0 Å². The topological polar surface area (TPSA) is 49.4 Å². The van der Waals surface area contributed by atoms with Crippen LogP contribution in [0, 0.1) is 0 Å². The zero-order valence-electron chi connectivity index (χ0n) is 8.86. The fraction of sp³-hybridized carbons (Fsp3) is 0.273. The number of carbonyl (C=O) groups excluding carboxylic acids is 2. The number of rotatable bonds is 4. The molecule has 1 N–H and O–H groups in total. The van der Waals surface area contributed by atoms with Crippen molar-refractivity contribution in [2.24, 2.45) is 0 Å². The van der Waals surface area contributed by atoms with E-state index >= 15 is 0 Å². The Hall–Kier alpha value is -1.68. The Bertz CT molecular complexity index is 361. The van der Waals surface area contributed by atoms with Crippen LogP contribution in [0.5, 0.6) is 0 Å². The summed E-state index contributed by atoms with van der Waals surface area (Å²) in [6.45, 7) is 0.325. The van der Waals surface area contributed by atoms with Crippen LogP contribution in [-0.4, -0.2) is 37.7 Å². The molecule has 0 aromatic heterocycles. The molecule has 0 aliphatic rings. The van der Waals surface area contributed by atoms with E-state index in [1.807, 2.05) is 14.1 Å². The van der Waals surface area contributed by atoms with Gasteiger partial charge >= 0.3 is 0 Å². The van der Waals surface area contributed by atoms with Gasteiger partial charge in [0.2, 0.25) is 5.91 Å². The van der Waals surface area contributed by atoms with E-state index in [1.54, 1.807) is 29.2 Å². The predicted octanol–water partition coefficient (Wildman–Crippen LogP) is 0.999. The van der Waals surface area contributed by atoms with Crippen LogP contribution in [0.15, 0.2) is 24.3 Å². The van der Waals surface area contributed by atoms with Crippen LogP contribution >= 0.6 is 0 Å². The van der Waals surface area contributed by atoms with E-state index in [4.69, 9.17) is 0 Å². The fourth-order valence-electron chi connectivity index (χ4n) is 1.18. The van der Waals surface area contributed by atoms with Gasteiger partial charge in [-0.15, -0.1) is 0 Å². The number of likely N-dealkylation sites (N-methyl/N-ethyl adjacent to an activating group) is 1. The Morgan fingerprint density at radius 2 is 2.20 bits per heavy atom. The third kappa shape index (κ3) is 3.91. The van der Waals surface area contributed by atoms with Crippen LogP contribution in [0.1, 0.15) is 10.4 Å². The number of benzene rings is 1. The van der Waals surface area contributed by atoms with Gasteiger partial charge < -0.3 is 10.2 Å². The summed E-state index contributed by atoms with van der Waals surface area (Å²) < 4.78 is 0. The lowest BCUT2D eigenvalue weighted by molar-refractivity contribution is -0.116. The second-order valence-electron chi connectivity index (χ2n) is 3.53. The van der Waals surface area contributed by atoms with Gasteiger partial charge in [-0.3, -0.25) is 9.59 Å². The van der Waals surface area contributed by atoms with Crippen molar-refractivity contribution >= 4 is 17.9 Å². The summed E-state index contributed by atoms with van der Waals surface area (Å²) in [5.41, 5.74) is 1.20. The molecule has 0 spiro atoms. The number of amides is 1. The van der Waals surface area contributed by atoms with Crippen LogP contribution in [0.3, 0.4) is 0 Å². The lowest BCUT2D eigenvalue weighted by Crippen LogP contribution is -2.27. The molecule has 15 heavy (non-hydrogen) atoms. The highest BCUT2D eigenvalue weighted by molar-refractivity contribution is 5.93. The van der Waals surface area contributed by atoms with Crippen LogP contribution in [0.4, 0.5) is 5.69 Å². The van der Waals surface area contributed by atoms with E-state index < -0.39 is 0 Å². The maximum atomic E-state index is 11.4. The number of nitrogens with zero attached hydrogens (tertiary/aromatic N) is 1. The molecule has 0 aliphatic carbocycles. The van der Waals surface area contributed by atoms with E-state index in [0.29, 0.717) is 17.8 Å². The number of carbonyl (C=O) groups is 2. The van der Waals surface area contributed by atoms with Gasteiger partial charge in [0, 0.05) is 11.3 Å². The van der Waals surface area contributed by atoms with E-state index in [1.165, 1.54) is 0 Å². The smallest absolute Gasteiger partial charge is 0.238 e. The summed E-state index contributed by atoms with van der Waals surface area (Å²) in [5.74, 6) is -0.0944. The highest BCUT2D eigenvalue weighted by Gasteiger charge is 2.03. The first kappa shape index (κ1) is 11.4. The van der Waals surface area contributed by atoms with Gasteiger partial charge in [-0.05, 0) is 26.2 Å². The molecular formula is C11H14N2O2. The number of aldehydes is 1. The summed E-state index contributed by atoms with van der Waals surface area (Å²) >= 11 is 0. The summed E-state index contributed by atoms with van der Waals surface area (Å²) in [7, 11) is 3.64. The van der Waals surface area contributed by atoms with Gasteiger partial charge in [0.25, 0.3) is 0 Å². The van der Waals surface area contributed by atoms with E-state index in [0.717, 1.165) is 6.29 Å². The van der Waals surface area contributed by atoms with Gasteiger partial charge in [0.05, 0.1) is 6.54 Å². The third-order valence-electron chi connectivity index (χ3n) is 1.77. The minimum Gasteiger partial charge on any atom is -0.325 e. The average Bonchev–Trinajstić information content (AvgIpc) is 2.16. The number of anilines is 1. The second kappa shape index (κ2) is 5.26. The minimum absolute atomic E-state index is 0.0944. The summed E-state index contributed by atoms with van der Waals surface area (Å²) in [6.07, 6.45) is 0.752. The fourth-order valence-corrected chi connectivity index (χ4v) is 1.18. The van der Waals surface area contributed by atoms with Crippen LogP contribution in [-0.2, 0) is 4.79 Å². The van der Waals surface area contributed by atoms with Crippen LogP contribution < -0.4 is 5.32 Å². The molecule has 1 aromatic carbocycles. The molecule has 0 radical (unpaired) electrons. The first-order valence-electron chi connectivity index (χ1n) is 4.61. The van der Waals surface area contributed by atoms with Crippen molar-refractivity contribution in [3.8, 4) is 0 Å². The largest absolute Gasteiger partial charge is 0.325 e. The standard InChI is InChI=1S/C11H14N2O2/c1-13(2)7-11(15)12-10-5-3-4-9(6-10)8-14/h3-6,8H,7H2,1-2H3,(H,12,15). The lowest BCUT2D eigenvalue weighted by Gasteiger charge is -2.10.